The number of benzene rings is 2. The molecular weight excluding hydrogens is 374 g/mol. The number of aliphatic hydroxyl groups is 4. The van der Waals surface area contributed by atoms with Gasteiger partial charge in [-0.15, -0.1) is 0 Å². The normalized spacial score (nSPS) is 27.4. The molecule has 0 saturated carbocycles. The maximum Gasteiger partial charge on any atom is 0.182 e. The van der Waals surface area contributed by atoms with E-state index in [2.05, 4.69) is 9.72 Å². The highest BCUT2D eigenvalue weighted by Gasteiger charge is 2.38. The second kappa shape index (κ2) is 8.19. The molecule has 1 aliphatic carbocycles. The van der Waals surface area contributed by atoms with Crippen molar-refractivity contribution in [2.75, 3.05) is 6.61 Å². The molecule has 1 saturated heterocycles. The van der Waals surface area contributed by atoms with E-state index < -0.39 is 37.3 Å². The van der Waals surface area contributed by atoms with E-state index in [0.717, 1.165) is 0 Å². The first-order chi connectivity index (χ1) is 13.3. The molecule has 0 radical (unpaired) electrons. The summed E-state index contributed by atoms with van der Waals surface area (Å²) in [4.78, 5) is 15.5. The number of rotatable bonds is 1. The molecule has 28 heavy (non-hydrogen) atoms. The summed E-state index contributed by atoms with van der Waals surface area (Å²) in [5.74, 6) is 0.529. The first-order valence-corrected chi connectivity index (χ1v) is 8.30. The third kappa shape index (κ3) is 4.12. The molecule has 0 aromatic heterocycles. The van der Waals surface area contributed by atoms with Gasteiger partial charge in [0.25, 0.3) is 0 Å². The van der Waals surface area contributed by atoms with Crippen LogP contribution in [0.4, 0.5) is 0 Å². The average Bonchev–Trinajstić information content (AvgIpc) is 2.68. The summed E-state index contributed by atoms with van der Waals surface area (Å²) in [6, 6.07) is 9.12. The van der Waals surface area contributed by atoms with Crippen molar-refractivity contribution in [1.29, 1.82) is 0 Å². The minimum atomic E-state index is -1.82. The number of fused-ring (bicyclic) bond motifs is 2. The molecule has 3 aliphatic rings. The molecule has 150 valence electrons. The van der Waals surface area contributed by atoms with Gasteiger partial charge in [0.1, 0.15) is 35.3 Å². The van der Waals surface area contributed by atoms with E-state index in [-0.39, 0.29) is 11.2 Å². The number of aromatic nitrogens is 1. The van der Waals surface area contributed by atoms with Crippen LogP contribution in [0.15, 0.2) is 45.6 Å². The second-order valence-electron chi connectivity index (χ2n) is 6.19. The molecule has 10 nitrogen and oxygen atoms in total. The molecule has 4 rings (SSSR count). The Morgan fingerprint density at radius 1 is 1.04 bits per heavy atom. The molecule has 1 fully saturated rings. The Hall–Kier alpha value is -2.60. The minimum absolute atomic E-state index is 0.107. The van der Waals surface area contributed by atoms with Crippen molar-refractivity contribution in [1.82, 2.24) is 4.98 Å². The van der Waals surface area contributed by atoms with Gasteiger partial charge in [0.2, 0.25) is 0 Å². The maximum absolute atomic E-state index is 11.1. The van der Waals surface area contributed by atoms with Crippen molar-refractivity contribution in [2.45, 2.75) is 30.7 Å². The van der Waals surface area contributed by atoms with Crippen LogP contribution in [0.1, 0.15) is 0 Å². The highest BCUT2D eigenvalue weighted by atomic mass is 16.6. The summed E-state index contributed by atoms with van der Waals surface area (Å²) in [5, 5.41) is 55.6. The van der Waals surface area contributed by atoms with E-state index in [1.807, 2.05) is 0 Å². The number of hydrogen-bond donors (Lipinski definition) is 5. The SMILES string of the molecule is O=c1ccc2nc3ccc(O)cc3oc-2c1.[O-]C1O[C@H](CO)[C@H](O)[C@H](O)[C@H]1O. The predicted molar refractivity (Wildman–Crippen MR) is 92.3 cm³/mol. The van der Waals surface area contributed by atoms with Gasteiger partial charge in [0.15, 0.2) is 16.8 Å². The lowest BCUT2D eigenvalue weighted by Crippen LogP contribution is -2.62. The molecular formula is C18H18NO9-. The molecule has 1 aromatic rings. The van der Waals surface area contributed by atoms with Gasteiger partial charge in [-0.25, -0.2) is 4.98 Å². The first-order valence-electron chi connectivity index (χ1n) is 8.30. The number of nitrogens with zero attached hydrogens (tertiary/aromatic N) is 1. The molecule has 0 bridgehead atoms. The Labute approximate surface area is 157 Å². The van der Waals surface area contributed by atoms with Crippen molar-refractivity contribution in [3.05, 3.63) is 46.6 Å². The third-order valence-electron chi connectivity index (χ3n) is 4.18. The smallest absolute Gasteiger partial charge is 0.182 e. The van der Waals surface area contributed by atoms with E-state index in [4.69, 9.17) is 24.8 Å². The molecule has 5 atom stereocenters. The lowest BCUT2D eigenvalue weighted by atomic mass is 10.00. The first kappa shape index (κ1) is 20.1. The monoisotopic (exact) mass is 392 g/mol. The highest BCUT2D eigenvalue weighted by molar-refractivity contribution is 5.77. The van der Waals surface area contributed by atoms with Gasteiger partial charge < -0.3 is 39.8 Å². The second-order valence-corrected chi connectivity index (χ2v) is 6.19. The quantitative estimate of drug-likeness (QED) is 0.295. The van der Waals surface area contributed by atoms with Gasteiger partial charge >= 0.3 is 0 Å². The molecule has 5 N–H and O–H groups in total. The van der Waals surface area contributed by atoms with Crippen LogP contribution in [0, 0.1) is 0 Å². The number of aromatic hydroxyl groups is 1. The largest absolute Gasteiger partial charge is 0.829 e. The molecule has 2 aliphatic heterocycles. The number of phenolic OH excluding ortho intramolecular Hbond substituents is 1. The van der Waals surface area contributed by atoms with Gasteiger partial charge in [0.05, 0.1) is 12.7 Å². The summed E-state index contributed by atoms with van der Waals surface area (Å²) in [6.45, 7) is -0.566. The Bertz CT molecular complexity index is 970. The fraction of sp³-hybridized carbons (Fsp3) is 0.333. The predicted octanol–water partition coefficient (Wildman–Crippen LogP) is -1.86. The van der Waals surface area contributed by atoms with Crippen molar-refractivity contribution in [2.24, 2.45) is 0 Å². The van der Waals surface area contributed by atoms with Gasteiger partial charge in [-0.2, -0.15) is 0 Å². The van der Waals surface area contributed by atoms with E-state index >= 15 is 0 Å². The average molecular weight is 392 g/mol. The number of phenols is 1. The van der Waals surface area contributed by atoms with E-state index in [1.165, 1.54) is 18.2 Å². The standard InChI is InChI=1S/C12H7NO3.C6H11O6/c14-7-1-3-9-11(5-7)16-12-6-8(15)2-4-10(12)13-9;7-1-2-3(8)4(9)5(10)6(11)12-2/h1-6,14H;2-10H,1H2/q;-1/t;2-,3+,4+,5-,6?/m.1/s1. The number of hydrogen-bond acceptors (Lipinski definition) is 10. The molecule has 0 spiro atoms. The Kier molecular flexibility index (Phi) is 5.89. The highest BCUT2D eigenvalue weighted by Crippen LogP contribution is 2.25. The zero-order chi connectivity index (χ0) is 20.4. The zero-order valence-corrected chi connectivity index (χ0v) is 14.4. The van der Waals surface area contributed by atoms with Crippen LogP contribution in [-0.4, -0.2) is 67.8 Å². The van der Waals surface area contributed by atoms with Gasteiger partial charge in [-0.1, -0.05) is 0 Å². The van der Waals surface area contributed by atoms with E-state index in [0.29, 0.717) is 22.6 Å². The Balaban J connectivity index is 0.000000169. The van der Waals surface area contributed by atoms with E-state index in [9.17, 15) is 15.0 Å². The molecule has 0 amide bonds. The fourth-order valence-corrected chi connectivity index (χ4v) is 2.66. The van der Waals surface area contributed by atoms with Crippen LogP contribution in [-0.2, 0) is 4.74 Å². The zero-order valence-electron chi connectivity index (χ0n) is 14.4. The summed E-state index contributed by atoms with van der Waals surface area (Å²) in [6.07, 6.45) is -7.57. The van der Waals surface area contributed by atoms with Crippen LogP contribution in [0.5, 0.6) is 5.75 Å². The summed E-state index contributed by atoms with van der Waals surface area (Å²) in [5.41, 5.74) is 1.59. The van der Waals surface area contributed by atoms with Crippen LogP contribution in [0.2, 0.25) is 0 Å². The summed E-state index contributed by atoms with van der Waals surface area (Å²) in [7, 11) is 0. The van der Waals surface area contributed by atoms with Crippen LogP contribution in [0.25, 0.3) is 22.6 Å². The number of aliphatic hydroxyl groups excluding tert-OH is 4. The molecule has 10 heteroatoms. The Morgan fingerprint density at radius 3 is 2.50 bits per heavy atom. The topological polar surface area (TPSA) is 177 Å². The lowest BCUT2D eigenvalue weighted by molar-refractivity contribution is -0.532. The van der Waals surface area contributed by atoms with Crippen molar-refractivity contribution in [3.63, 3.8) is 0 Å². The maximum atomic E-state index is 11.1. The fourth-order valence-electron chi connectivity index (χ4n) is 2.66. The van der Waals surface area contributed by atoms with Crippen LogP contribution >= 0.6 is 0 Å². The lowest BCUT2D eigenvalue weighted by Gasteiger charge is -2.43. The van der Waals surface area contributed by atoms with Gasteiger partial charge in [0, 0.05) is 18.4 Å². The van der Waals surface area contributed by atoms with Crippen LogP contribution < -0.4 is 10.5 Å². The van der Waals surface area contributed by atoms with Gasteiger partial charge in [-0.3, -0.25) is 4.79 Å². The summed E-state index contributed by atoms with van der Waals surface area (Å²) < 4.78 is 9.95. The van der Waals surface area contributed by atoms with Crippen molar-refractivity contribution >= 4 is 11.1 Å². The van der Waals surface area contributed by atoms with E-state index in [1.54, 1.807) is 18.2 Å². The van der Waals surface area contributed by atoms with Crippen LogP contribution in [0.3, 0.4) is 0 Å². The third-order valence-corrected chi connectivity index (χ3v) is 4.18. The summed E-state index contributed by atoms with van der Waals surface area (Å²) >= 11 is 0. The minimum Gasteiger partial charge on any atom is -0.829 e. The molecule has 2 heterocycles. The number of ether oxygens (including phenoxy) is 1. The van der Waals surface area contributed by atoms with Crippen molar-refractivity contribution in [3.8, 4) is 17.2 Å². The molecule has 1 aromatic carbocycles. The van der Waals surface area contributed by atoms with Crippen molar-refractivity contribution < 1.29 is 39.8 Å². The molecule has 1 unspecified atom stereocenters. The van der Waals surface area contributed by atoms with Gasteiger partial charge in [-0.05, 0) is 24.3 Å². The Morgan fingerprint density at radius 2 is 1.79 bits per heavy atom.